The first kappa shape index (κ1) is 13.5. The first-order valence-electron chi connectivity index (χ1n) is 7.50. The molecule has 4 rings (SSSR count). The number of hydrogen-bond acceptors (Lipinski definition) is 4. The van der Waals surface area contributed by atoms with Crippen LogP contribution in [0.15, 0.2) is 48.8 Å². The van der Waals surface area contributed by atoms with Crippen molar-refractivity contribution in [2.24, 2.45) is 0 Å². The third-order valence-electron chi connectivity index (χ3n) is 4.11. The largest absolute Gasteiger partial charge is 0.493 e. The van der Waals surface area contributed by atoms with E-state index < -0.39 is 0 Å². The summed E-state index contributed by atoms with van der Waals surface area (Å²) in [6.07, 6.45) is 5.93. The standard InChI is InChI=1S/C18H14N4O/c19-9-12-1-3-14(4-2-12)16-11-21-22(18(16)23)17-8-7-15(10-20-17)13-5-6-13/h1-4,7-8,10-11,13,23H,5-6H2. The van der Waals surface area contributed by atoms with Gasteiger partial charge in [-0.15, -0.1) is 0 Å². The Balaban J connectivity index is 1.68. The van der Waals surface area contributed by atoms with E-state index in [4.69, 9.17) is 5.26 Å². The summed E-state index contributed by atoms with van der Waals surface area (Å²) in [7, 11) is 0. The maximum Gasteiger partial charge on any atom is 0.223 e. The van der Waals surface area contributed by atoms with Gasteiger partial charge in [-0.05, 0) is 48.1 Å². The fourth-order valence-corrected chi connectivity index (χ4v) is 2.62. The average molecular weight is 302 g/mol. The molecule has 112 valence electrons. The number of rotatable bonds is 3. The van der Waals surface area contributed by atoms with Crippen LogP contribution in [0, 0.1) is 11.3 Å². The quantitative estimate of drug-likeness (QED) is 0.804. The summed E-state index contributed by atoms with van der Waals surface area (Å²) in [6.45, 7) is 0. The van der Waals surface area contributed by atoms with E-state index in [-0.39, 0.29) is 5.88 Å². The van der Waals surface area contributed by atoms with Crippen LogP contribution in [-0.2, 0) is 0 Å². The van der Waals surface area contributed by atoms with Crippen molar-refractivity contribution in [3.8, 4) is 28.9 Å². The average Bonchev–Trinajstić information content (AvgIpc) is 3.38. The lowest BCUT2D eigenvalue weighted by Gasteiger charge is -2.05. The zero-order chi connectivity index (χ0) is 15.8. The highest BCUT2D eigenvalue weighted by Crippen LogP contribution is 2.40. The Labute approximate surface area is 133 Å². The molecule has 0 unspecified atom stereocenters. The monoisotopic (exact) mass is 302 g/mol. The molecule has 1 fully saturated rings. The molecule has 23 heavy (non-hydrogen) atoms. The third kappa shape index (κ3) is 2.44. The van der Waals surface area contributed by atoms with E-state index >= 15 is 0 Å². The maximum atomic E-state index is 10.4. The molecule has 0 spiro atoms. The second-order valence-corrected chi connectivity index (χ2v) is 5.71. The van der Waals surface area contributed by atoms with Crippen molar-refractivity contribution in [2.75, 3.05) is 0 Å². The zero-order valence-corrected chi connectivity index (χ0v) is 12.3. The van der Waals surface area contributed by atoms with Crippen molar-refractivity contribution in [1.82, 2.24) is 14.8 Å². The first-order valence-corrected chi connectivity index (χ1v) is 7.50. The van der Waals surface area contributed by atoms with Crippen LogP contribution in [0.3, 0.4) is 0 Å². The van der Waals surface area contributed by atoms with Crippen molar-refractivity contribution in [3.63, 3.8) is 0 Å². The molecule has 5 heteroatoms. The summed E-state index contributed by atoms with van der Waals surface area (Å²) in [6, 6.07) is 13.0. The summed E-state index contributed by atoms with van der Waals surface area (Å²) in [5, 5.41) is 23.5. The van der Waals surface area contributed by atoms with Gasteiger partial charge in [-0.3, -0.25) is 0 Å². The third-order valence-corrected chi connectivity index (χ3v) is 4.11. The predicted molar refractivity (Wildman–Crippen MR) is 85.1 cm³/mol. The molecule has 0 bridgehead atoms. The predicted octanol–water partition coefficient (Wildman–Crippen LogP) is 3.39. The number of nitriles is 1. The van der Waals surface area contributed by atoms with Gasteiger partial charge in [0.1, 0.15) is 0 Å². The van der Waals surface area contributed by atoms with Gasteiger partial charge in [-0.25, -0.2) is 4.98 Å². The van der Waals surface area contributed by atoms with E-state index in [0.717, 1.165) is 5.56 Å². The van der Waals surface area contributed by atoms with Crippen molar-refractivity contribution in [2.45, 2.75) is 18.8 Å². The van der Waals surface area contributed by atoms with Gasteiger partial charge in [0.25, 0.3) is 0 Å². The molecule has 0 amide bonds. The molecule has 2 aromatic heterocycles. The molecule has 1 aliphatic rings. The lowest BCUT2D eigenvalue weighted by Crippen LogP contribution is -1.99. The molecule has 5 nitrogen and oxygen atoms in total. The Hall–Kier alpha value is -3.13. The second-order valence-electron chi connectivity index (χ2n) is 5.71. The molecule has 0 atom stereocenters. The van der Waals surface area contributed by atoms with E-state index in [0.29, 0.717) is 22.9 Å². The molecule has 0 saturated heterocycles. The Morgan fingerprint density at radius 1 is 1.09 bits per heavy atom. The Morgan fingerprint density at radius 3 is 2.48 bits per heavy atom. The van der Waals surface area contributed by atoms with Crippen molar-refractivity contribution in [3.05, 3.63) is 59.9 Å². The van der Waals surface area contributed by atoms with Crippen LogP contribution in [0.4, 0.5) is 0 Å². The molecule has 2 heterocycles. The van der Waals surface area contributed by atoms with E-state index in [9.17, 15) is 5.11 Å². The first-order chi connectivity index (χ1) is 11.3. The molecule has 3 aromatic rings. The number of pyridine rings is 1. The van der Waals surface area contributed by atoms with Crippen LogP contribution < -0.4 is 0 Å². The van der Waals surface area contributed by atoms with E-state index in [1.807, 2.05) is 18.3 Å². The lowest BCUT2D eigenvalue weighted by molar-refractivity contribution is 0.433. The molecule has 1 N–H and O–H groups in total. The van der Waals surface area contributed by atoms with E-state index in [1.54, 1.807) is 30.5 Å². The van der Waals surface area contributed by atoms with E-state index in [2.05, 4.69) is 16.2 Å². The number of hydrogen-bond donors (Lipinski definition) is 1. The van der Waals surface area contributed by atoms with Gasteiger partial charge in [-0.2, -0.15) is 15.0 Å². The van der Waals surface area contributed by atoms with Crippen LogP contribution in [0.25, 0.3) is 16.9 Å². The minimum atomic E-state index is 0.0429. The summed E-state index contributed by atoms with van der Waals surface area (Å²) in [4.78, 5) is 4.40. The minimum Gasteiger partial charge on any atom is -0.493 e. The summed E-state index contributed by atoms with van der Waals surface area (Å²) in [5.41, 5.74) is 3.25. The van der Waals surface area contributed by atoms with Gasteiger partial charge in [0.05, 0.1) is 23.4 Å². The number of aromatic hydroxyl groups is 1. The van der Waals surface area contributed by atoms with Crippen LogP contribution in [0.2, 0.25) is 0 Å². The maximum absolute atomic E-state index is 10.4. The smallest absolute Gasteiger partial charge is 0.223 e. The minimum absolute atomic E-state index is 0.0429. The molecule has 1 saturated carbocycles. The van der Waals surface area contributed by atoms with Crippen LogP contribution in [0.5, 0.6) is 5.88 Å². The summed E-state index contributed by atoms with van der Waals surface area (Å²) < 4.78 is 1.42. The van der Waals surface area contributed by atoms with E-state index in [1.165, 1.54) is 23.1 Å². The SMILES string of the molecule is N#Cc1ccc(-c2cnn(-c3ccc(C4CC4)cn3)c2O)cc1. The fourth-order valence-electron chi connectivity index (χ4n) is 2.62. The number of benzene rings is 1. The van der Waals surface area contributed by atoms with Crippen LogP contribution >= 0.6 is 0 Å². The molecule has 0 radical (unpaired) electrons. The molecule has 1 aliphatic carbocycles. The number of aromatic nitrogens is 3. The van der Waals surface area contributed by atoms with Gasteiger partial charge in [0.2, 0.25) is 5.88 Å². The Morgan fingerprint density at radius 2 is 1.87 bits per heavy atom. The zero-order valence-electron chi connectivity index (χ0n) is 12.3. The van der Waals surface area contributed by atoms with Crippen molar-refractivity contribution in [1.29, 1.82) is 5.26 Å². The highest BCUT2D eigenvalue weighted by Gasteiger charge is 2.23. The molecular formula is C18H14N4O. The molecule has 0 aliphatic heterocycles. The fraction of sp³-hybridized carbons (Fsp3) is 0.167. The molecule has 1 aromatic carbocycles. The van der Waals surface area contributed by atoms with Crippen LogP contribution in [-0.4, -0.2) is 19.9 Å². The van der Waals surface area contributed by atoms with Crippen LogP contribution in [0.1, 0.15) is 29.9 Å². The normalized spacial score (nSPS) is 13.7. The summed E-state index contributed by atoms with van der Waals surface area (Å²) >= 11 is 0. The Kier molecular flexibility index (Phi) is 3.09. The topological polar surface area (TPSA) is 74.7 Å². The van der Waals surface area contributed by atoms with Gasteiger partial charge < -0.3 is 5.11 Å². The lowest BCUT2D eigenvalue weighted by atomic mass is 10.1. The van der Waals surface area contributed by atoms with Gasteiger partial charge >= 0.3 is 0 Å². The second kappa shape index (κ2) is 5.25. The van der Waals surface area contributed by atoms with Gasteiger partial charge in [0.15, 0.2) is 5.82 Å². The molecular weight excluding hydrogens is 288 g/mol. The van der Waals surface area contributed by atoms with Crippen molar-refractivity contribution < 1.29 is 5.11 Å². The Bertz CT molecular complexity index is 884. The number of nitrogens with zero attached hydrogens (tertiary/aromatic N) is 4. The van der Waals surface area contributed by atoms with Crippen molar-refractivity contribution >= 4 is 0 Å². The summed E-state index contributed by atoms with van der Waals surface area (Å²) in [5.74, 6) is 1.28. The highest BCUT2D eigenvalue weighted by molar-refractivity contribution is 5.69. The van der Waals surface area contributed by atoms with Gasteiger partial charge in [-0.1, -0.05) is 18.2 Å². The van der Waals surface area contributed by atoms with Gasteiger partial charge in [0, 0.05) is 6.20 Å². The highest BCUT2D eigenvalue weighted by atomic mass is 16.3.